The molecule has 0 bridgehead atoms. The minimum absolute atomic E-state index is 0.115. The number of carbonyl (C=O) groups is 1. The van der Waals surface area contributed by atoms with Crippen molar-refractivity contribution in [2.75, 3.05) is 11.9 Å². The summed E-state index contributed by atoms with van der Waals surface area (Å²) in [6.07, 6.45) is 0. The second-order valence-electron chi connectivity index (χ2n) is 5.35. The van der Waals surface area contributed by atoms with E-state index < -0.39 is 11.6 Å². The molecule has 2 aromatic rings. The molecule has 3 N–H and O–H groups in total. The maximum Gasteiger partial charge on any atom is 0.279 e. The number of quaternary nitrogens is 1. The smallest absolute Gasteiger partial charge is 0.279 e. The monoisotopic (exact) mass is 339 g/mol. The van der Waals surface area contributed by atoms with Crippen LogP contribution in [0, 0.1) is 18.6 Å². The Labute approximate surface area is 138 Å². The van der Waals surface area contributed by atoms with Crippen LogP contribution >= 0.6 is 11.6 Å². The van der Waals surface area contributed by atoms with Crippen molar-refractivity contribution in [3.63, 3.8) is 0 Å². The van der Waals surface area contributed by atoms with Crippen molar-refractivity contribution in [2.24, 2.45) is 0 Å². The van der Waals surface area contributed by atoms with Crippen molar-refractivity contribution in [1.29, 1.82) is 0 Å². The molecular weight excluding hydrogens is 322 g/mol. The summed E-state index contributed by atoms with van der Waals surface area (Å²) in [6.45, 7) is 3.69. The molecule has 6 heteroatoms. The summed E-state index contributed by atoms with van der Waals surface area (Å²) in [5.41, 5.74) is 1.80. The Hall–Kier alpha value is -1.98. The summed E-state index contributed by atoms with van der Waals surface area (Å²) in [7, 11) is 0. The van der Waals surface area contributed by atoms with Crippen molar-refractivity contribution in [3.05, 3.63) is 64.2 Å². The van der Waals surface area contributed by atoms with E-state index in [2.05, 4.69) is 5.32 Å². The molecule has 122 valence electrons. The first-order chi connectivity index (χ1) is 10.9. The van der Waals surface area contributed by atoms with Crippen LogP contribution < -0.4 is 10.6 Å². The van der Waals surface area contributed by atoms with Crippen molar-refractivity contribution in [1.82, 2.24) is 0 Å². The van der Waals surface area contributed by atoms with Crippen LogP contribution in [0.5, 0.6) is 0 Å². The lowest BCUT2D eigenvalue weighted by molar-refractivity contribution is -0.682. The highest BCUT2D eigenvalue weighted by atomic mass is 35.5. The first kappa shape index (κ1) is 17.4. The normalized spacial score (nSPS) is 12.0. The molecule has 0 aromatic heterocycles. The van der Waals surface area contributed by atoms with E-state index in [1.165, 1.54) is 12.1 Å². The highest BCUT2D eigenvalue weighted by molar-refractivity contribution is 6.31. The molecule has 0 aliphatic heterocycles. The van der Waals surface area contributed by atoms with Gasteiger partial charge < -0.3 is 10.6 Å². The molecule has 23 heavy (non-hydrogen) atoms. The van der Waals surface area contributed by atoms with Crippen LogP contribution in [0.3, 0.4) is 0 Å². The molecule has 0 spiro atoms. The number of anilines is 1. The van der Waals surface area contributed by atoms with Gasteiger partial charge in [0.15, 0.2) is 6.54 Å². The molecule has 3 nitrogen and oxygen atoms in total. The molecule has 0 unspecified atom stereocenters. The van der Waals surface area contributed by atoms with Crippen molar-refractivity contribution >= 4 is 23.2 Å². The van der Waals surface area contributed by atoms with Crippen LogP contribution in [0.4, 0.5) is 14.5 Å². The zero-order valence-corrected chi connectivity index (χ0v) is 13.6. The third-order valence-electron chi connectivity index (χ3n) is 3.65. The Balaban J connectivity index is 1.95. The number of hydrogen-bond donors (Lipinski definition) is 2. The van der Waals surface area contributed by atoms with Crippen LogP contribution in [0.25, 0.3) is 0 Å². The zero-order chi connectivity index (χ0) is 17.0. The van der Waals surface area contributed by atoms with Crippen LogP contribution in [0.1, 0.15) is 24.1 Å². The Morgan fingerprint density at radius 1 is 1.30 bits per heavy atom. The minimum atomic E-state index is -0.618. The second-order valence-corrected chi connectivity index (χ2v) is 5.76. The predicted octanol–water partition coefficient (Wildman–Crippen LogP) is 3.19. The number of benzene rings is 2. The SMILES string of the molecule is Cc1c(Cl)cccc1NC(=O)C[NH2+][C@@H](C)c1ccc(F)cc1F. The fourth-order valence-corrected chi connectivity index (χ4v) is 2.40. The average Bonchev–Trinajstić information content (AvgIpc) is 2.49. The second kappa shape index (κ2) is 7.53. The number of hydrogen-bond acceptors (Lipinski definition) is 1. The topological polar surface area (TPSA) is 45.7 Å². The molecule has 0 aliphatic carbocycles. The van der Waals surface area contributed by atoms with Crippen molar-refractivity contribution in [2.45, 2.75) is 19.9 Å². The lowest BCUT2D eigenvalue weighted by Gasteiger charge is -2.13. The summed E-state index contributed by atoms with van der Waals surface area (Å²) in [6, 6.07) is 8.41. The molecule has 0 saturated heterocycles. The summed E-state index contributed by atoms with van der Waals surface area (Å²) < 4.78 is 26.6. The van der Waals surface area contributed by atoms with Gasteiger partial charge in [-0.15, -0.1) is 0 Å². The van der Waals surface area contributed by atoms with Gasteiger partial charge in [-0.05, 0) is 43.7 Å². The van der Waals surface area contributed by atoms with E-state index in [0.29, 0.717) is 16.3 Å². The lowest BCUT2D eigenvalue weighted by atomic mass is 10.1. The van der Waals surface area contributed by atoms with E-state index in [-0.39, 0.29) is 18.5 Å². The molecule has 0 saturated carbocycles. The number of amides is 1. The molecule has 0 heterocycles. The van der Waals surface area contributed by atoms with Gasteiger partial charge in [0.05, 0.1) is 0 Å². The Bertz CT molecular complexity index is 722. The molecule has 0 aliphatic rings. The number of halogens is 3. The maximum absolute atomic E-state index is 13.7. The quantitative estimate of drug-likeness (QED) is 0.863. The standard InChI is InChI=1S/C17H17ClF2N2O/c1-10-14(18)4-3-5-16(10)22-17(23)9-21-11(2)13-7-6-12(19)8-15(13)20/h3-8,11,21H,9H2,1-2H3,(H,22,23)/p+1/t11-/m0/s1. The van der Waals surface area contributed by atoms with Gasteiger partial charge in [-0.3, -0.25) is 4.79 Å². The summed E-state index contributed by atoms with van der Waals surface area (Å²) in [5, 5.41) is 5.04. The third kappa shape index (κ3) is 4.50. The molecule has 1 atom stereocenters. The molecule has 2 rings (SSSR count). The number of rotatable bonds is 5. The maximum atomic E-state index is 13.7. The fraction of sp³-hybridized carbons (Fsp3) is 0.235. The van der Waals surface area contributed by atoms with Gasteiger partial charge in [0.2, 0.25) is 0 Å². The first-order valence-corrected chi connectivity index (χ1v) is 7.59. The lowest BCUT2D eigenvalue weighted by Crippen LogP contribution is -2.86. The van der Waals surface area contributed by atoms with E-state index in [9.17, 15) is 13.6 Å². The van der Waals surface area contributed by atoms with E-state index in [1.807, 2.05) is 6.92 Å². The molecular formula is C17H18ClF2N2O+. The number of carbonyl (C=O) groups excluding carboxylic acids is 1. The van der Waals surface area contributed by atoms with Crippen molar-refractivity contribution < 1.29 is 18.9 Å². The summed E-state index contributed by atoms with van der Waals surface area (Å²) in [5.74, 6) is -1.45. The van der Waals surface area contributed by atoms with Crippen molar-refractivity contribution in [3.8, 4) is 0 Å². The van der Waals surface area contributed by atoms with Gasteiger partial charge in [-0.2, -0.15) is 0 Å². The minimum Gasteiger partial charge on any atom is -0.332 e. The van der Waals surface area contributed by atoms with Gasteiger partial charge in [0.1, 0.15) is 17.7 Å². The third-order valence-corrected chi connectivity index (χ3v) is 4.06. The molecule has 0 radical (unpaired) electrons. The van der Waals surface area contributed by atoms with E-state index in [0.717, 1.165) is 11.6 Å². The van der Waals surface area contributed by atoms with Gasteiger partial charge in [-0.1, -0.05) is 17.7 Å². The molecule has 1 amide bonds. The van der Waals surface area contributed by atoms with Gasteiger partial charge in [0, 0.05) is 22.3 Å². The number of nitrogens with two attached hydrogens (primary N) is 1. The number of nitrogens with one attached hydrogen (secondary N) is 1. The Kier molecular flexibility index (Phi) is 5.69. The van der Waals surface area contributed by atoms with Crippen LogP contribution in [0.2, 0.25) is 5.02 Å². The predicted molar refractivity (Wildman–Crippen MR) is 86.4 cm³/mol. The molecule has 2 aromatic carbocycles. The zero-order valence-electron chi connectivity index (χ0n) is 12.9. The summed E-state index contributed by atoms with van der Waals surface area (Å²) in [4.78, 5) is 12.0. The van der Waals surface area contributed by atoms with E-state index in [1.54, 1.807) is 30.4 Å². The highest BCUT2D eigenvalue weighted by Crippen LogP contribution is 2.22. The highest BCUT2D eigenvalue weighted by Gasteiger charge is 2.16. The van der Waals surface area contributed by atoms with Crippen LogP contribution in [-0.2, 0) is 4.79 Å². The van der Waals surface area contributed by atoms with Crippen LogP contribution in [0.15, 0.2) is 36.4 Å². The van der Waals surface area contributed by atoms with Gasteiger partial charge in [0.25, 0.3) is 5.91 Å². The van der Waals surface area contributed by atoms with E-state index in [4.69, 9.17) is 11.6 Å². The van der Waals surface area contributed by atoms with Crippen LogP contribution in [-0.4, -0.2) is 12.5 Å². The fourth-order valence-electron chi connectivity index (χ4n) is 2.23. The van der Waals surface area contributed by atoms with Gasteiger partial charge in [-0.25, -0.2) is 8.78 Å². The first-order valence-electron chi connectivity index (χ1n) is 7.21. The average molecular weight is 340 g/mol. The summed E-state index contributed by atoms with van der Waals surface area (Å²) >= 11 is 6.00. The van der Waals surface area contributed by atoms with Gasteiger partial charge >= 0.3 is 0 Å². The molecule has 0 fully saturated rings. The Morgan fingerprint density at radius 3 is 2.74 bits per heavy atom. The largest absolute Gasteiger partial charge is 0.332 e. The Morgan fingerprint density at radius 2 is 2.04 bits per heavy atom. The van der Waals surface area contributed by atoms with E-state index >= 15 is 0 Å².